The zero-order valence-electron chi connectivity index (χ0n) is 12.5. The van der Waals surface area contributed by atoms with Gasteiger partial charge in [-0.05, 0) is 56.2 Å². The Morgan fingerprint density at radius 3 is 2.45 bits per heavy atom. The molecule has 0 atom stereocenters. The van der Waals surface area contributed by atoms with E-state index in [-0.39, 0.29) is 12.5 Å². The van der Waals surface area contributed by atoms with Gasteiger partial charge in [-0.2, -0.15) is 0 Å². The predicted molar refractivity (Wildman–Crippen MR) is 81.1 cm³/mol. The second kappa shape index (κ2) is 6.56. The first-order valence-corrected chi connectivity index (χ1v) is 7.50. The van der Waals surface area contributed by atoms with E-state index in [9.17, 15) is 4.79 Å². The van der Waals surface area contributed by atoms with Gasteiger partial charge in [-0.3, -0.25) is 4.79 Å². The Labute approximate surface area is 129 Å². The van der Waals surface area contributed by atoms with Crippen LogP contribution >= 0.6 is 0 Å². The molecule has 0 unspecified atom stereocenters. The quantitative estimate of drug-likeness (QED) is 0.853. The van der Waals surface area contributed by atoms with E-state index in [1.807, 2.05) is 31.2 Å². The van der Waals surface area contributed by atoms with E-state index in [4.69, 9.17) is 13.9 Å². The molecule has 1 aromatic carbocycles. The molecule has 1 aliphatic rings. The molecule has 3 rings (SSSR count). The number of hydrogen-bond donors (Lipinski definition) is 1. The van der Waals surface area contributed by atoms with Crippen LogP contribution in [0.2, 0.25) is 0 Å². The van der Waals surface area contributed by atoms with Crippen LogP contribution < -0.4 is 14.8 Å². The molecule has 0 aliphatic heterocycles. The molecular formula is C17H19NO4. The van der Waals surface area contributed by atoms with Gasteiger partial charge in [-0.15, -0.1) is 0 Å². The summed E-state index contributed by atoms with van der Waals surface area (Å²) < 4.78 is 16.5. The van der Waals surface area contributed by atoms with Crippen molar-refractivity contribution in [2.45, 2.75) is 32.4 Å². The summed E-state index contributed by atoms with van der Waals surface area (Å²) in [4.78, 5) is 11.8. The average molecular weight is 301 g/mol. The number of hydrogen-bond acceptors (Lipinski definition) is 4. The van der Waals surface area contributed by atoms with E-state index in [1.54, 1.807) is 12.1 Å². The van der Waals surface area contributed by atoms with Gasteiger partial charge in [0, 0.05) is 6.04 Å². The van der Waals surface area contributed by atoms with Crippen molar-refractivity contribution in [2.75, 3.05) is 6.61 Å². The summed E-state index contributed by atoms with van der Waals surface area (Å²) in [6, 6.07) is 11.2. The number of carbonyl (C=O) groups is 1. The molecule has 2 aromatic rings. The lowest BCUT2D eigenvalue weighted by Gasteiger charge is -2.06. The molecule has 5 nitrogen and oxygen atoms in total. The zero-order chi connectivity index (χ0) is 15.4. The minimum Gasteiger partial charge on any atom is -0.494 e. The van der Waals surface area contributed by atoms with Gasteiger partial charge in [0.05, 0.1) is 6.61 Å². The number of amides is 1. The maximum absolute atomic E-state index is 11.8. The third-order valence-corrected chi connectivity index (χ3v) is 3.31. The fourth-order valence-corrected chi connectivity index (χ4v) is 2.01. The highest BCUT2D eigenvalue weighted by atomic mass is 16.5. The Bertz CT molecular complexity index is 628. The van der Waals surface area contributed by atoms with Gasteiger partial charge in [0.1, 0.15) is 23.9 Å². The fraction of sp³-hybridized carbons (Fsp3) is 0.353. The van der Waals surface area contributed by atoms with Crippen LogP contribution in [-0.2, 0) is 6.61 Å². The molecule has 1 amide bonds. The number of furan rings is 1. The molecule has 5 heteroatoms. The molecule has 1 N–H and O–H groups in total. The number of nitrogens with one attached hydrogen (secondary N) is 1. The van der Waals surface area contributed by atoms with Gasteiger partial charge in [-0.25, -0.2) is 0 Å². The molecule has 0 bridgehead atoms. The van der Waals surface area contributed by atoms with Crippen LogP contribution in [0, 0.1) is 0 Å². The minimum atomic E-state index is -0.158. The number of benzene rings is 1. The van der Waals surface area contributed by atoms with Crippen molar-refractivity contribution in [1.82, 2.24) is 5.32 Å². The fourth-order valence-electron chi connectivity index (χ4n) is 2.01. The molecular weight excluding hydrogens is 282 g/mol. The summed E-state index contributed by atoms with van der Waals surface area (Å²) in [6.07, 6.45) is 2.11. The summed E-state index contributed by atoms with van der Waals surface area (Å²) in [5, 5.41) is 2.89. The Morgan fingerprint density at radius 2 is 1.82 bits per heavy atom. The Hall–Kier alpha value is -2.43. The minimum absolute atomic E-state index is 0.158. The largest absolute Gasteiger partial charge is 0.494 e. The monoisotopic (exact) mass is 301 g/mol. The van der Waals surface area contributed by atoms with Crippen LogP contribution in [0.1, 0.15) is 36.1 Å². The summed E-state index contributed by atoms with van der Waals surface area (Å²) >= 11 is 0. The Balaban J connectivity index is 1.52. The van der Waals surface area contributed by atoms with Crippen molar-refractivity contribution in [3.8, 4) is 11.5 Å². The molecule has 0 radical (unpaired) electrons. The first-order valence-electron chi connectivity index (χ1n) is 7.50. The van der Waals surface area contributed by atoms with Gasteiger partial charge in [-0.1, -0.05) is 0 Å². The van der Waals surface area contributed by atoms with Crippen LogP contribution in [-0.4, -0.2) is 18.6 Å². The standard InChI is InChI=1S/C17H19NO4/c1-2-20-13-5-7-14(8-6-13)21-11-15-9-10-16(22-15)17(19)18-12-3-4-12/h5-10,12H,2-4,11H2,1H3,(H,18,19). The maximum Gasteiger partial charge on any atom is 0.287 e. The van der Waals surface area contributed by atoms with E-state index in [0.717, 1.165) is 24.3 Å². The molecule has 0 saturated heterocycles. The van der Waals surface area contributed by atoms with Crippen molar-refractivity contribution >= 4 is 5.91 Å². The highest BCUT2D eigenvalue weighted by molar-refractivity contribution is 5.91. The third-order valence-electron chi connectivity index (χ3n) is 3.31. The van der Waals surface area contributed by atoms with E-state index in [1.165, 1.54) is 0 Å². The Kier molecular flexibility index (Phi) is 4.32. The predicted octanol–water partition coefficient (Wildman–Crippen LogP) is 3.15. The number of rotatable bonds is 7. The van der Waals surface area contributed by atoms with Crippen LogP contribution in [0.5, 0.6) is 11.5 Å². The van der Waals surface area contributed by atoms with Gasteiger partial charge in [0.25, 0.3) is 5.91 Å². The summed E-state index contributed by atoms with van der Waals surface area (Å²) in [7, 11) is 0. The summed E-state index contributed by atoms with van der Waals surface area (Å²) in [5.41, 5.74) is 0. The molecule has 1 aromatic heterocycles. The normalized spacial score (nSPS) is 13.7. The van der Waals surface area contributed by atoms with Gasteiger partial charge >= 0.3 is 0 Å². The van der Waals surface area contributed by atoms with Crippen LogP contribution in [0.4, 0.5) is 0 Å². The first-order chi connectivity index (χ1) is 10.7. The third kappa shape index (κ3) is 3.81. The molecule has 1 heterocycles. The van der Waals surface area contributed by atoms with E-state index in [0.29, 0.717) is 24.2 Å². The van der Waals surface area contributed by atoms with E-state index < -0.39 is 0 Å². The van der Waals surface area contributed by atoms with Gasteiger partial charge in [0.2, 0.25) is 0 Å². The van der Waals surface area contributed by atoms with E-state index in [2.05, 4.69) is 5.32 Å². The lowest BCUT2D eigenvalue weighted by Crippen LogP contribution is -2.24. The number of carbonyl (C=O) groups excluding carboxylic acids is 1. The van der Waals surface area contributed by atoms with Crippen molar-refractivity contribution in [2.24, 2.45) is 0 Å². The lowest BCUT2D eigenvalue weighted by molar-refractivity contribution is 0.0919. The average Bonchev–Trinajstić information content (AvgIpc) is 3.21. The van der Waals surface area contributed by atoms with Gasteiger partial charge in [0.15, 0.2) is 5.76 Å². The highest BCUT2D eigenvalue weighted by Crippen LogP contribution is 2.21. The van der Waals surface area contributed by atoms with E-state index >= 15 is 0 Å². The second-order valence-electron chi connectivity index (χ2n) is 5.21. The van der Waals surface area contributed by atoms with Crippen molar-refractivity contribution in [3.05, 3.63) is 47.9 Å². The number of ether oxygens (including phenoxy) is 2. The first kappa shape index (κ1) is 14.5. The topological polar surface area (TPSA) is 60.7 Å². The molecule has 0 spiro atoms. The second-order valence-corrected chi connectivity index (χ2v) is 5.21. The summed E-state index contributed by atoms with van der Waals surface area (Å²) in [5.74, 6) is 2.33. The SMILES string of the molecule is CCOc1ccc(OCc2ccc(C(=O)NC3CC3)o2)cc1. The Morgan fingerprint density at radius 1 is 1.14 bits per heavy atom. The highest BCUT2D eigenvalue weighted by Gasteiger charge is 2.25. The zero-order valence-corrected chi connectivity index (χ0v) is 12.5. The van der Waals surface area contributed by atoms with Gasteiger partial charge < -0.3 is 19.2 Å². The van der Waals surface area contributed by atoms with Crippen molar-refractivity contribution in [3.63, 3.8) is 0 Å². The lowest BCUT2D eigenvalue weighted by atomic mass is 10.3. The smallest absolute Gasteiger partial charge is 0.287 e. The maximum atomic E-state index is 11.8. The van der Waals surface area contributed by atoms with Crippen LogP contribution in [0.3, 0.4) is 0 Å². The van der Waals surface area contributed by atoms with Crippen molar-refractivity contribution in [1.29, 1.82) is 0 Å². The summed E-state index contributed by atoms with van der Waals surface area (Å²) in [6.45, 7) is 2.86. The van der Waals surface area contributed by atoms with Crippen LogP contribution in [0.15, 0.2) is 40.8 Å². The molecule has 116 valence electrons. The van der Waals surface area contributed by atoms with Crippen molar-refractivity contribution < 1.29 is 18.7 Å². The molecule has 1 saturated carbocycles. The molecule has 1 fully saturated rings. The van der Waals surface area contributed by atoms with Crippen LogP contribution in [0.25, 0.3) is 0 Å². The molecule has 22 heavy (non-hydrogen) atoms. The molecule has 1 aliphatic carbocycles.